The lowest BCUT2D eigenvalue weighted by Crippen LogP contribution is -2.53. The zero-order valence-electron chi connectivity index (χ0n) is 17.1. The van der Waals surface area contributed by atoms with Gasteiger partial charge < -0.3 is 14.7 Å². The second kappa shape index (κ2) is 8.56. The summed E-state index contributed by atoms with van der Waals surface area (Å²) in [4.78, 5) is 17.3. The Morgan fingerprint density at radius 2 is 1.86 bits per heavy atom. The highest BCUT2D eigenvalue weighted by atomic mass is 16.5. The molecule has 4 rings (SSSR count). The van der Waals surface area contributed by atoms with Crippen LogP contribution in [-0.2, 0) is 17.8 Å². The van der Waals surface area contributed by atoms with E-state index in [0.717, 1.165) is 43.9 Å². The van der Waals surface area contributed by atoms with E-state index >= 15 is 0 Å². The topological polar surface area (TPSA) is 53.0 Å². The Balaban J connectivity index is 1.40. The van der Waals surface area contributed by atoms with Crippen molar-refractivity contribution in [2.75, 3.05) is 39.9 Å². The van der Waals surface area contributed by atoms with E-state index in [-0.39, 0.29) is 17.9 Å². The summed E-state index contributed by atoms with van der Waals surface area (Å²) in [5.41, 5.74) is 2.09. The number of piperidine rings is 1. The molecule has 2 saturated heterocycles. The van der Waals surface area contributed by atoms with Gasteiger partial charge in [-0.3, -0.25) is 9.69 Å². The molecule has 2 fully saturated rings. The van der Waals surface area contributed by atoms with Crippen molar-refractivity contribution in [1.29, 1.82) is 0 Å². The van der Waals surface area contributed by atoms with Crippen molar-refractivity contribution >= 4 is 5.91 Å². The quantitative estimate of drug-likeness (QED) is 0.818. The van der Waals surface area contributed by atoms with Crippen LogP contribution in [0, 0.1) is 11.3 Å². The Morgan fingerprint density at radius 3 is 2.55 bits per heavy atom. The number of methoxy groups -OCH3 is 1. The van der Waals surface area contributed by atoms with Crippen LogP contribution in [0.4, 0.5) is 0 Å². The third-order valence-electron chi connectivity index (χ3n) is 6.57. The number of ether oxygens (including phenoxy) is 1. The van der Waals surface area contributed by atoms with Crippen LogP contribution in [-0.4, -0.2) is 60.7 Å². The van der Waals surface area contributed by atoms with Crippen LogP contribution < -0.4 is 4.74 Å². The Labute approximate surface area is 172 Å². The van der Waals surface area contributed by atoms with E-state index in [1.807, 2.05) is 35.2 Å². The third-order valence-corrected chi connectivity index (χ3v) is 6.57. The highest BCUT2D eigenvalue weighted by molar-refractivity contribution is 5.79. The van der Waals surface area contributed by atoms with Gasteiger partial charge in [0.15, 0.2) is 0 Å². The van der Waals surface area contributed by atoms with Crippen molar-refractivity contribution in [2.24, 2.45) is 11.3 Å². The number of carbonyl (C=O) groups excluding carboxylic acids is 1. The number of nitrogens with zero attached hydrogens (tertiary/aromatic N) is 2. The summed E-state index contributed by atoms with van der Waals surface area (Å²) >= 11 is 0. The maximum Gasteiger partial charge on any atom is 0.227 e. The van der Waals surface area contributed by atoms with E-state index in [2.05, 4.69) is 29.2 Å². The maximum absolute atomic E-state index is 12.9. The van der Waals surface area contributed by atoms with Gasteiger partial charge in [0.2, 0.25) is 5.91 Å². The summed E-state index contributed by atoms with van der Waals surface area (Å²) in [6.45, 7) is 4.30. The number of likely N-dealkylation sites (tertiary alicyclic amines) is 2. The van der Waals surface area contributed by atoms with Crippen LogP contribution in [0.25, 0.3) is 0 Å². The molecule has 2 aliphatic rings. The van der Waals surface area contributed by atoms with Gasteiger partial charge in [-0.15, -0.1) is 0 Å². The first-order chi connectivity index (χ1) is 14.1. The number of aliphatic hydroxyl groups is 1. The molecule has 2 atom stereocenters. The number of rotatable bonds is 6. The minimum Gasteiger partial charge on any atom is -0.497 e. The molecule has 2 aliphatic heterocycles. The molecule has 0 saturated carbocycles. The van der Waals surface area contributed by atoms with Crippen LogP contribution in [0.3, 0.4) is 0 Å². The van der Waals surface area contributed by atoms with Crippen molar-refractivity contribution in [1.82, 2.24) is 9.80 Å². The number of aliphatic hydroxyl groups excluding tert-OH is 1. The normalized spacial score (nSPS) is 24.3. The van der Waals surface area contributed by atoms with Gasteiger partial charge in [0, 0.05) is 38.1 Å². The largest absolute Gasteiger partial charge is 0.497 e. The zero-order valence-corrected chi connectivity index (χ0v) is 17.1. The Kier molecular flexibility index (Phi) is 5.88. The lowest BCUT2D eigenvalue weighted by molar-refractivity contribution is -0.135. The molecular weight excluding hydrogens is 364 g/mol. The predicted molar refractivity (Wildman–Crippen MR) is 113 cm³/mol. The fraction of sp³-hybridized carbons (Fsp3) is 0.458. The molecule has 0 aromatic heterocycles. The highest BCUT2D eigenvalue weighted by Crippen LogP contribution is 2.42. The van der Waals surface area contributed by atoms with E-state index in [1.54, 1.807) is 7.11 Å². The lowest BCUT2D eigenvalue weighted by Gasteiger charge is -2.43. The second-order valence-corrected chi connectivity index (χ2v) is 8.50. The van der Waals surface area contributed by atoms with E-state index in [4.69, 9.17) is 4.74 Å². The SMILES string of the molecule is COc1ccc(CC(=O)N2CC[C@H]3CN(Cc4ccccc4)C[C@@]3(CO)C2)cc1. The summed E-state index contributed by atoms with van der Waals surface area (Å²) in [7, 11) is 1.64. The molecule has 2 heterocycles. The summed E-state index contributed by atoms with van der Waals surface area (Å²) < 4.78 is 5.19. The zero-order chi connectivity index (χ0) is 20.3. The molecule has 2 aromatic carbocycles. The number of carbonyl (C=O) groups is 1. The van der Waals surface area contributed by atoms with Crippen LogP contribution >= 0.6 is 0 Å². The fourth-order valence-corrected chi connectivity index (χ4v) is 4.93. The smallest absolute Gasteiger partial charge is 0.227 e. The minimum absolute atomic E-state index is 0.134. The minimum atomic E-state index is -0.206. The number of amides is 1. The molecule has 1 N–H and O–H groups in total. The molecule has 1 amide bonds. The van der Waals surface area contributed by atoms with Crippen LogP contribution in [0.1, 0.15) is 17.5 Å². The maximum atomic E-state index is 12.9. The standard InChI is InChI=1S/C24H30N2O3/c1-29-22-9-7-19(8-10-22)13-23(28)26-12-11-21-15-25(16-24(21,17-26)18-27)14-20-5-3-2-4-6-20/h2-10,21,27H,11-18H2,1H3/t21-,24-/m0/s1. The summed E-state index contributed by atoms with van der Waals surface area (Å²) in [6, 6.07) is 18.2. The number of hydrogen-bond donors (Lipinski definition) is 1. The third kappa shape index (κ3) is 4.31. The average Bonchev–Trinajstić information content (AvgIpc) is 3.12. The van der Waals surface area contributed by atoms with Crippen molar-refractivity contribution in [2.45, 2.75) is 19.4 Å². The second-order valence-electron chi connectivity index (χ2n) is 8.50. The van der Waals surface area contributed by atoms with Crippen LogP contribution in [0.2, 0.25) is 0 Å². The molecule has 2 aromatic rings. The van der Waals surface area contributed by atoms with Gasteiger partial charge in [0.25, 0.3) is 0 Å². The molecule has 154 valence electrons. The van der Waals surface area contributed by atoms with Crippen molar-refractivity contribution < 1.29 is 14.6 Å². The lowest BCUT2D eigenvalue weighted by atomic mass is 9.74. The molecule has 5 heteroatoms. The number of hydrogen-bond acceptors (Lipinski definition) is 4. The molecule has 5 nitrogen and oxygen atoms in total. The summed E-state index contributed by atoms with van der Waals surface area (Å²) in [5.74, 6) is 1.38. The van der Waals surface area contributed by atoms with Gasteiger partial charge in [-0.1, -0.05) is 42.5 Å². The average molecular weight is 395 g/mol. The Hall–Kier alpha value is -2.37. The van der Waals surface area contributed by atoms with E-state index in [9.17, 15) is 9.90 Å². The van der Waals surface area contributed by atoms with Crippen LogP contribution in [0.5, 0.6) is 5.75 Å². The first-order valence-corrected chi connectivity index (χ1v) is 10.4. The van der Waals surface area contributed by atoms with Gasteiger partial charge in [0.1, 0.15) is 5.75 Å². The molecule has 0 aliphatic carbocycles. The molecule has 29 heavy (non-hydrogen) atoms. The summed E-state index contributed by atoms with van der Waals surface area (Å²) in [6.07, 6.45) is 1.35. The molecule has 0 radical (unpaired) electrons. The summed E-state index contributed by atoms with van der Waals surface area (Å²) in [5, 5.41) is 10.3. The van der Waals surface area contributed by atoms with E-state index in [1.165, 1.54) is 5.56 Å². The monoisotopic (exact) mass is 394 g/mol. The Morgan fingerprint density at radius 1 is 1.10 bits per heavy atom. The highest BCUT2D eigenvalue weighted by Gasteiger charge is 2.49. The first kappa shape index (κ1) is 19.9. The molecule has 0 spiro atoms. The van der Waals surface area contributed by atoms with E-state index < -0.39 is 0 Å². The van der Waals surface area contributed by atoms with Crippen molar-refractivity contribution in [3.8, 4) is 5.75 Å². The Bertz CT molecular complexity index is 824. The van der Waals surface area contributed by atoms with Gasteiger partial charge in [-0.05, 0) is 35.6 Å². The van der Waals surface area contributed by atoms with Crippen molar-refractivity contribution in [3.63, 3.8) is 0 Å². The van der Waals surface area contributed by atoms with Gasteiger partial charge in [-0.25, -0.2) is 0 Å². The molecule has 0 unspecified atom stereocenters. The number of benzene rings is 2. The molecular formula is C24H30N2O3. The van der Waals surface area contributed by atoms with Crippen LogP contribution in [0.15, 0.2) is 54.6 Å². The fourth-order valence-electron chi connectivity index (χ4n) is 4.93. The van der Waals surface area contributed by atoms with Gasteiger partial charge >= 0.3 is 0 Å². The number of fused-ring (bicyclic) bond motifs is 1. The predicted octanol–water partition coefficient (Wildman–Crippen LogP) is 2.58. The van der Waals surface area contributed by atoms with E-state index in [0.29, 0.717) is 18.9 Å². The first-order valence-electron chi connectivity index (χ1n) is 10.4. The van der Waals surface area contributed by atoms with Gasteiger partial charge in [0.05, 0.1) is 20.1 Å². The van der Waals surface area contributed by atoms with Gasteiger partial charge in [-0.2, -0.15) is 0 Å². The van der Waals surface area contributed by atoms with Crippen molar-refractivity contribution in [3.05, 3.63) is 65.7 Å². The molecule has 0 bridgehead atoms.